The summed E-state index contributed by atoms with van der Waals surface area (Å²) in [6.07, 6.45) is 0.749. The molecule has 0 spiro atoms. The number of carbonyl (C=O) groups is 6. The minimum Gasteiger partial charge on any atom is -0.465 e. The van der Waals surface area contributed by atoms with Crippen molar-refractivity contribution >= 4 is 51.9 Å². The highest BCUT2D eigenvalue weighted by Crippen LogP contribution is 2.07. The molecule has 2 fully saturated rings. The molecule has 18 nitrogen and oxygen atoms in total. The highest BCUT2D eigenvalue weighted by atomic mass is 79.9. The molecule has 0 radical (unpaired) electrons. The average molecular weight is 920 g/mol. The second-order valence-electron chi connectivity index (χ2n) is 14.3. The van der Waals surface area contributed by atoms with Crippen molar-refractivity contribution in [1.29, 1.82) is 0 Å². The fourth-order valence-electron chi connectivity index (χ4n) is 3.29. The summed E-state index contributed by atoms with van der Waals surface area (Å²) in [4.78, 5) is 66.4. The summed E-state index contributed by atoms with van der Waals surface area (Å²) in [7, 11) is 1.80. The lowest BCUT2D eigenvalue weighted by Gasteiger charge is -2.29. The molecule has 0 aliphatic carbocycles. The van der Waals surface area contributed by atoms with Gasteiger partial charge in [0.05, 0.1) is 57.8 Å². The van der Waals surface area contributed by atoms with Crippen LogP contribution in [0.4, 0.5) is 9.59 Å². The van der Waals surface area contributed by atoms with Gasteiger partial charge in [0.1, 0.15) is 36.4 Å². The topological polar surface area (TPSA) is 227 Å². The molecule has 0 aromatic rings. The highest BCUT2D eigenvalue weighted by Gasteiger charge is 2.21. The van der Waals surface area contributed by atoms with Crippen LogP contribution in [0.2, 0.25) is 0 Å². The molecular formula is C40H79BrN4O14. The fraction of sp³-hybridized carbons (Fsp3) is 0.800. The van der Waals surface area contributed by atoms with Gasteiger partial charge in [-0.1, -0.05) is 35.9 Å². The number of esters is 2. The van der Waals surface area contributed by atoms with E-state index in [0.29, 0.717) is 31.8 Å². The lowest BCUT2D eigenvalue weighted by Crippen LogP contribution is -2.45. The van der Waals surface area contributed by atoms with Gasteiger partial charge in [-0.05, 0) is 90.0 Å². The normalized spacial score (nSPS) is 16.4. The van der Waals surface area contributed by atoms with E-state index in [1.807, 2.05) is 34.6 Å². The predicted octanol–water partition coefficient (Wildman–Crippen LogP) is 4.92. The van der Waals surface area contributed by atoms with Gasteiger partial charge in [0.2, 0.25) is 11.8 Å². The number of alkyl carbamates (subject to hydrolysis) is 2. The van der Waals surface area contributed by atoms with Gasteiger partial charge in [-0.15, -0.1) is 6.58 Å². The minimum absolute atomic E-state index is 0.0104. The average Bonchev–Trinajstić information content (AvgIpc) is 3.11. The lowest BCUT2D eigenvalue weighted by molar-refractivity contribution is -0.148. The second kappa shape index (κ2) is 39.9. The van der Waals surface area contributed by atoms with Gasteiger partial charge in [0, 0.05) is 13.1 Å². The quantitative estimate of drug-likeness (QED) is 0.0988. The van der Waals surface area contributed by atoms with Crippen LogP contribution in [0.25, 0.3) is 0 Å². The number of allylic oxidation sites excluding steroid dienone is 1. The number of nitrogens with zero attached hydrogens (tertiary/aromatic N) is 1. The summed E-state index contributed by atoms with van der Waals surface area (Å²) in [6.45, 7) is 33.4. The number of morpholine rings is 2. The Morgan fingerprint density at radius 1 is 0.898 bits per heavy atom. The summed E-state index contributed by atoms with van der Waals surface area (Å²) in [5.41, 5.74) is -1.02. The van der Waals surface area contributed by atoms with E-state index >= 15 is 0 Å². The molecule has 0 aromatic heterocycles. The summed E-state index contributed by atoms with van der Waals surface area (Å²) >= 11 is 2.94. The van der Waals surface area contributed by atoms with Crippen molar-refractivity contribution in [2.24, 2.45) is 0 Å². The third kappa shape index (κ3) is 50.6. The van der Waals surface area contributed by atoms with Gasteiger partial charge in [-0.3, -0.25) is 14.4 Å². The largest absolute Gasteiger partial charge is 0.465 e. The number of amides is 4. The summed E-state index contributed by atoms with van der Waals surface area (Å²) in [5, 5.41) is 16.7. The number of alkyl halides is 1. The highest BCUT2D eigenvalue weighted by molar-refractivity contribution is 9.09. The van der Waals surface area contributed by atoms with Crippen molar-refractivity contribution in [1.82, 2.24) is 20.9 Å². The first-order valence-electron chi connectivity index (χ1n) is 19.6. The molecule has 2 rings (SSSR count). The molecule has 0 aromatic carbocycles. The summed E-state index contributed by atoms with van der Waals surface area (Å²) < 4.78 is 34.2. The molecular weight excluding hydrogens is 840 g/mol. The number of rotatable bonds is 10. The molecule has 2 aliphatic heterocycles. The van der Waals surface area contributed by atoms with Crippen LogP contribution in [-0.4, -0.2) is 153 Å². The van der Waals surface area contributed by atoms with E-state index in [2.05, 4.69) is 43.2 Å². The van der Waals surface area contributed by atoms with Crippen LogP contribution in [0, 0.1) is 0 Å². The first-order chi connectivity index (χ1) is 27.3. The SMILES string of the molecule is C=CC.CC.CC(CO)NC(=O)OC(C)(C)C.CCOC(=O)CBr.CCOC(=O)COCC(C)NC(=O)OC(C)(C)C.C[C@H]1COCC(=O)N1.C[C@H]1COCC(=O)N1C. The van der Waals surface area contributed by atoms with Gasteiger partial charge >= 0.3 is 24.1 Å². The number of hydrogen-bond acceptors (Lipinski definition) is 14. The first-order valence-corrected chi connectivity index (χ1v) is 20.8. The molecule has 2 aliphatic rings. The van der Waals surface area contributed by atoms with Crippen molar-refractivity contribution in [3.05, 3.63) is 12.7 Å². The first kappa shape index (κ1) is 64.6. The maximum atomic E-state index is 11.4. The second-order valence-corrected chi connectivity index (χ2v) is 14.9. The van der Waals surface area contributed by atoms with Gasteiger partial charge < -0.3 is 59.1 Å². The van der Waals surface area contributed by atoms with E-state index in [1.54, 1.807) is 87.3 Å². The Kier molecular flexibility index (Phi) is 43.7. The van der Waals surface area contributed by atoms with Crippen molar-refractivity contribution in [3.63, 3.8) is 0 Å². The number of ether oxygens (including phenoxy) is 7. The van der Waals surface area contributed by atoms with Crippen LogP contribution in [0.5, 0.6) is 0 Å². The zero-order chi connectivity index (χ0) is 47.2. The Bertz CT molecular complexity index is 1130. The third-order valence-corrected chi connectivity index (χ3v) is 6.21. The third-order valence-electron chi connectivity index (χ3n) is 5.76. The van der Waals surface area contributed by atoms with E-state index in [4.69, 9.17) is 33.5 Å². The monoisotopic (exact) mass is 918 g/mol. The van der Waals surface area contributed by atoms with E-state index in [1.165, 1.54) is 0 Å². The van der Waals surface area contributed by atoms with E-state index in [0.717, 1.165) is 0 Å². The minimum atomic E-state index is -0.532. The maximum Gasteiger partial charge on any atom is 0.407 e. The Morgan fingerprint density at radius 2 is 1.34 bits per heavy atom. The zero-order valence-electron chi connectivity index (χ0n) is 38.7. The van der Waals surface area contributed by atoms with Gasteiger partial charge in [-0.2, -0.15) is 0 Å². The van der Waals surface area contributed by atoms with Crippen LogP contribution >= 0.6 is 15.9 Å². The van der Waals surface area contributed by atoms with E-state index in [-0.39, 0.29) is 75.0 Å². The molecule has 2 heterocycles. The smallest absolute Gasteiger partial charge is 0.407 e. The van der Waals surface area contributed by atoms with Crippen molar-refractivity contribution in [2.45, 2.75) is 139 Å². The fourth-order valence-corrected chi connectivity index (χ4v) is 3.45. The van der Waals surface area contributed by atoms with Crippen molar-refractivity contribution in [2.75, 3.05) is 71.8 Å². The van der Waals surface area contributed by atoms with Crippen molar-refractivity contribution < 1.29 is 67.0 Å². The molecule has 2 saturated heterocycles. The Hall–Kier alpha value is -3.52. The number of carbonyl (C=O) groups excluding carboxylic acids is 6. The zero-order valence-corrected chi connectivity index (χ0v) is 40.3. The van der Waals surface area contributed by atoms with Crippen LogP contribution in [0.1, 0.15) is 104 Å². The summed E-state index contributed by atoms with van der Waals surface area (Å²) in [6, 6.07) is -0.0726. The van der Waals surface area contributed by atoms with Gasteiger partial charge in [-0.25, -0.2) is 14.4 Å². The molecule has 4 N–H and O–H groups in total. The van der Waals surface area contributed by atoms with Crippen LogP contribution in [0.3, 0.4) is 0 Å². The number of nitrogens with one attached hydrogen (secondary N) is 3. The molecule has 19 heteroatoms. The van der Waals surface area contributed by atoms with E-state index < -0.39 is 29.4 Å². The Labute approximate surface area is 362 Å². The molecule has 59 heavy (non-hydrogen) atoms. The molecule has 4 atom stereocenters. The number of halogens is 1. The Balaban J connectivity index is -0.000000208. The van der Waals surface area contributed by atoms with Crippen LogP contribution < -0.4 is 16.0 Å². The van der Waals surface area contributed by atoms with E-state index in [9.17, 15) is 28.8 Å². The van der Waals surface area contributed by atoms with Gasteiger partial charge in [0.25, 0.3) is 0 Å². The van der Waals surface area contributed by atoms with Crippen LogP contribution in [0.15, 0.2) is 12.7 Å². The molecule has 350 valence electrons. The van der Waals surface area contributed by atoms with Crippen LogP contribution in [-0.2, 0) is 52.3 Å². The lowest BCUT2D eigenvalue weighted by atomic mass is 10.2. The summed E-state index contributed by atoms with van der Waals surface area (Å²) in [5.74, 6) is -0.554. The van der Waals surface area contributed by atoms with Gasteiger partial charge in [0.15, 0.2) is 0 Å². The molecule has 4 amide bonds. The predicted molar refractivity (Wildman–Crippen MR) is 231 cm³/mol. The number of hydrogen-bond donors (Lipinski definition) is 4. The molecule has 0 bridgehead atoms. The standard InChI is InChI=1S/C12H23NO5.C8H17NO3.C6H11NO2.C5H9NO2.C4H7BrO2.C3H6.C2H6/c1-6-17-10(14)8-16-7-9(2)13-11(15)18-12(3,4)5;1-6(5-10)9-7(11)12-8(2,3)4;1-5-3-9-4-6(8)7(5)2;1-4-2-8-3-5(7)6-4;1-2-7-4(6)3-5;1-3-2;1-2/h9H,6-8H2,1-5H3,(H,13,15);6,10H,5H2,1-4H3,(H,9,11);5H,3-4H2,1-2H3;4H,2-3H2,1H3,(H,6,7);2-3H2,1H3;3H,1H2,2H3;1-2H3/t;;5-;4-;;;/m..00.../s1. The molecule has 0 saturated carbocycles. The number of likely N-dealkylation sites (N-methyl/N-ethyl adjacent to an activating group) is 1. The Morgan fingerprint density at radius 3 is 1.66 bits per heavy atom. The maximum absolute atomic E-state index is 11.4. The number of aliphatic hydroxyl groups is 1. The molecule has 2 unspecified atom stereocenters. The number of aliphatic hydroxyl groups excluding tert-OH is 1. The van der Waals surface area contributed by atoms with Crippen molar-refractivity contribution in [3.8, 4) is 0 Å².